The summed E-state index contributed by atoms with van der Waals surface area (Å²) in [7, 11) is 4.82. The zero-order chi connectivity index (χ0) is 26.2. The summed E-state index contributed by atoms with van der Waals surface area (Å²) < 4.78 is 18.1. The van der Waals surface area contributed by atoms with Gasteiger partial charge in [0.1, 0.15) is 17.4 Å². The fourth-order valence-electron chi connectivity index (χ4n) is 4.24. The Morgan fingerprint density at radius 3 is 2.51 bits per heavy atom. The molecule has 4 rings (SSSR count). The van der Waals surface area contributed by atoms with Gasteiger partial charge in [0.2, 0.25) is 0 Å². The summed E-state index contributed by atoms with van der Waals surface area (Å²) in [5, 5.41) is 13.6. The maximum atomic E-state index is 12.8. The van der Waals surface area contributed by atoms with Crippen LogP contribution in [0.4, 0.5) is 0 Å². The fourth-order valence-corrected chi connectivity index (χ4v) is 4.24. The van der Waals surface area contributed by atoms with Crippen molar-refractivity contribution < 1.29 is 19.0 Å². The summed E-state index contributed by atoms with van der Waals surface area (Å²) in [5.41, 5.74) is 3.95. The molecule has 0 atom stereocenters. The Morgan fingerprint density at radius 1 is 0.946 bits per heavy atom. The Labute approximate surface area is 216 Å². The highest BCUT2D eigenvalue weighted by atomic mass is 16.5. The molecular formula is C30H29N3O4. The van der Waals surface area contributed by atoms with Crippen LogP contribution >= 0.6 is 0 Å². The molecule has 0 spiro atoms. The van der Waals surface area contributed by atoms with E-state index in [0.717, 1.165) is 33.3 Å². The number of benzene rings is 3. The zero-order valence-corrected chi connectivity index (χ0v) is 21.2. The minimum Gasteiger partial charge on any atom is -0.497 e. The molecule has 0 unspecified atom stereocenters. The average molecular weight is 496 g/mol. The van der Waals surface area contributed by atoms with E-state index in [0.29, 0.717) is 31.0 Å². The maximum absolute atomic E-state index is 12.8. The minimum absolute atomic E-state index is 0.0524. The molecular weight excluding hydrogens is 466 g/mol. The van der Waals surface area contributed by atoms with Gasteiger partial charge in [-0.05, 0) is 54.0 Å². The predicted molar refractivity (Wildman–Crippen MR) is 144 cm³/mol. The van der Waals surface area contributed by atoms with E-state index in [1.807, 2.05) is 72.9 Å². The Kier molecular flexibility index (Phi) is 8.11. The zero-order valence-electron chi connectivity index (χ0n) is 21.2. The molecule has 0 bridgehead atoms. The Balaban J connectivity index is 1.51. The summed E-state index contributed by atoms with van der Waals surface area (Å²) >= 11 is 0. The van der Waals surface area contributed by atoms with E-state index >= 15 is 0 Å². The largest absolute Gasteiger partial charge is 0.497 e. The van der Waals surface area contributed by atoms with Crippen molar-refractivity contribution in [3.05, 3.63) is 95.2 Å². The first kappa shape index (κ1) is 25.4. The second-order valence-corrected chi connectivity index (χ2v) is 8.45. The van der Waals surface area contributed by atoms with Gasteiger partial charge in [-0.25, -0.2) is 0 Å². The molecule has 1 amide bonds. The number of carbonyl (C=O) groups is 1. The smallest absolute Gasteiger partial charge is 0.261 e. The van der Waals surface area contributed by atoms with Crippen LogP contribution in [0.25, 0.3) is 17.0 Å². The standard InChI is InChI=1S/C30H29N3O4/c1-35-25-8-6-7-22(15-25)19-33-20-24(26-9-4-5-10-27(26)33)17-23(18-31)30(34)32-14-13-21-11-12-28(36-2)29(16-21)37-3/h4-12,15-17,20H,13-14,19H2,1-3H3,(H,32,34). The second kappa shape index (κ2) is 11.8. The number of rotatable bonds is 10. The highest BCUT2D eigenvalue weighted by Gasteiger charge is 2.13. The lowest BCUT2D eigenvalue weighted by molar-refractivity contribution is -0.117. The van der Waals surface area contributed by atoms with E-state index in [9.17, 15) is 10.1 Å². The number of nitrogens with zero attached hydrogens (tertiary/aromatic N) is 2. The molecule has 3 aromatic carbocycles. The van der Waals surface area contributed by atoms with Gasteiger partial charge in [-0.1, -0.05) is 36.4 Å². The Bertz CT molecular complexity index is 1480. The van der Waals surface area contributed by atoms with Crippen LogP contribution in [0, 0.1) is 11.3 Å². The number of carbonyl (C=O) groups excluding carboxylic acids is 1. The molecule has 1 N–H and O–H groups in total. The summed E-state index contributed by atoms with van der Waals surface area (Å²) in [5.74, 6) is 1.67. The second-order valence-electron chi connectivity index (χ2n) is 8.45. The van der Waals surface area contributed by atoms with Crippen LogP contribution in [0.3, 0.4) is 0 Å². The van der Waals surface area contributed by atoms with Gasteiger partial charge >= 0.3 is 0 Å². The number of ether oxygens (including phenoxy) is 3. The first-order valence-electron chi connectivity index (χ1n) is 11.9. The maximum Gasteiger partial charge on any atom is 0.261 e. The quantitative estimate of drug-likeness (QED) is 0.248. The van der Waals surface area contributed by atoms with E-state index in [1.54, 1.807) is 27.4 Å². The number of fused-ring (bicyclic) bond motifs is 1. The Morgan fingerprint density at radius 2 is 1.76 bits per heavy atom. The lowest BCUT2D eigenvalue weighted by Crippen LogP contribution is -2.26. The van der Waals surface area contributed by atoms with E-state index in [1.165, 1.54) is 0 Å². The summed E-state index contributed by atoms with van der Waals surface area (Å²) in [4.78, 5) is 12.8. The van der Waals surface area contributed by atoms with E-state index < -0.39 is 5.91 Å². The third-order valence-electron chi connectivity index (χ3n) is 6.12. The number of nitrogens with one attached hydrogen (secondary N) is 1. The molecule has 0 saturated heterocycles. The van der Waals surface area contributed by atoms with Crippen LogP contribution < -0.4 is 19.5 Å². The SMILES string of the molecule is COc1cccc(Cn2cc(C=C(C#N)C(=O)NCCc3ccc(OC)c(OC)c3)c3ccccc32)c1. The van der Waals surface area contributed by atoms with Crippen molar-refractivity contribution in [3.8, 4) is 23.3 Å². The van der Waals surface area contributed by atoms with Crippen LogP contribution in [-0.2, 0) is 17.8 Å². The topological polar surface area (TPSA) is 85.5 Å². The predicted octanol–water partition coefficient (Wildman–Crippen LogP) is 4.98. The molecule has 0 aliphatic heterocycles. The molecule has 1 heterocycles. The number of para-hydroxylation sites is 1. The highest BCUT2D eigenvalue weighted by Crippen LogP contribution is 2.28. The molecule has 0 radical (unpaired) electrons. The van der Waals surface area contributed by atoms with Crippen LogP contribution in [-0.4, -0.2) is 38.3 Å². The normalized spacial score (nSPS) is 11.1. The average Bonchev–Trinajstić information content (AvgIpc) is 3.28. The lowest BCUT2D eigenvalue weighted by atomic mass is 10.1. The number of hydrogen-bond donors (Lipinski definition) is 1. The molecule has 0 aliphatic carbocycles. The van der Waals surface area contributed by atoms with Crippen molar-refractivity contribution in [2.45, 2.75) is 13.0 Å². The third kappa shape index (κ3) is 5.93. The fraction of sp³-hybridized carbons (Fsp3) is 0.200. The number of nitriles is 1. The highest BCUT2D eigenvalue weighted by molar-refractivity contribution is 6.04. The summed E-state index contributed by atoms with van der Waals surface area (Å²) in [6, 6.07) is 23.5. The molecule has 7 nitrogen and oxygen atoms in total. The lowest BCUT2D eigenvalue weighted by Gasteiger charge is -2.10. The van der Waals surface area contributed by atoms with Crippen molar-refractivity contribution in [1.82, 2.24) is 9.88 Å². The van der Waals surface area contributed by atoms with Gasteiger partial charge in [0, 0.05) is 35.8 Å². The Hall–Kier alpha value is -4.70. The first-order chi connectivity index (χ1) is 18.1. The molecule has 1 aromatic heterocycles. The molecule has 0 aliphatic rings. The van der Waals surface area contributed by atoms with Crippen molar-refractivity contribution in [2.75, 3.05) is 27.9 Å². The van der Waals surface area contributed by atoms with Crippen molar-refractivity contribution >= 4 is 22.9 Å². The first-order valence-corrected chi connectivity index (χ1v) is 11.9. The molecule has 188 valence electrons. The van der Waals surface area contributed by atoms with Crippen molar-refractivity contribution in [2.24, 2.45) is 0 Å². The molecule has 7 heteroatoms. The number of hydrogen-bond acceptors (Lipinski definition) is 5. The van der Waals surface area contributed by atoms with Crippen LogP contribution in [0.15, 0.2) is 78.5 Å². The van der Waals surface area contributed by atoms with Crippen molar-refractivity contribution in [3.63, 3.8) is 0 Å². The molecule has 4 aromatic rings. The van der Waals surface area contributed by atoms with Gasteiger partial charge in [-0.2, -0.15) is 5.26 Å². The monoisotopic (exact) mass is 495 g/mol. The molecule has 0 fully saturated rings. The molecule has 37 heavy (non-hydrogen) atoms. The van der Waals surface area contributed by atoms with Crippen molar-refractivity contribution in [1.29, 1.82) is 5.26 Å². The minimum atomic E-state index is -0.410. The van der Waals surface area contributed by atoms with Gasteiger partial charge in [0.25, 0.3) is 5.91 Å². The van der Waals surface area contributed by atoms with Gasteiger partial charge in [-0.15, -0.1) is 0 Å². The third-order valence-corrected chi connectivity index (χ3v) is 6.12. The number of methoxy groups -OCH3 is 3. The number of aromatic nitrogens is 1. The van der Waals surface area contributed by atoms with Gasteiger partial charge < -0.3 is 24.1 Å². The number of amides is 1. The molecule has 0 saturated carbocycles. The van der Waals surface area contributed by atoms with Crippen LogP contribution in [0.1, 0.15) is 16.7 Å². The van der Waals surface area contributed by atoms with Crippen LogP contribution in [0.2, 0.25) is 0 Å². The van der Waals surface area contributed by atoms with Gasteiger partial charge in [0.05, 0.1) is 21.3 Å². The van der Waals surface area contributed by atoms with Gasteiger partial charge in [0.15, 0.2) is 11.5 Å². The van der Waals surface area contributed by atoms with E-state index in [4.69, 9.17) is 14.2 Å². The summed E-state index contributed by atoms with van der Waals surface area (Å²) in [6.45, 7) is 1.01. The van der Waals surface area contributed by atoms with Gasteiger partial charge in [-0.3, -0.25) is 4.79 Å². The van der Waals surface area contributed by atoms with E-state index in [2.05, 4.69) is 16.0 Å². The summed E-state index contributed by atoms with van der Waals surface area (Å²) in [6.07, 6.45) is 4.21. The van der Waals surface area contributed by atoms with Crippen LogP contribution in [0.5, 0.6) is 17.2 Å². The van der Waals surface area contributed by atoms with E-state index in [-0.39, 0.29) is 5.57 Å².